The fourth-order valence-electron chi connectivity index (χ4n) is 0.864. The molecule has 0 aliphatic carbocycles. The maximum Gasteiger partial charge on any atom is 0.248 e. The van der Waals surface area contributed by atoms with Crippen LogP contribution in [0.2, 0.25) is 0 Å². The molecule has 1 aliphatic heterocycles. The first-order valence-corrected chi connectivity index (χ1v) is 3.06. The van der Waals surface area contributed by atoms with Crippen molar-refractivity contribution in [2.45, 2.75) is 0 Å². The highest BCUT2D eigenvalue weighted by molar-refractivity contribution is 5.78. The molecule has 1 saturated heterocycles. The number of carbonyl (C=O) groups excluding carboxylic acids is 1. The Morgan fingerprint density at radius 2 is 2.40 bits per heavy atom. The lowest BCUT2D eigenvalue weighted by Gasteiger charge is -2.34. The summed E-state index contributed by atoms with van der Waals surface area (Å²) < 4.78 is 0. The topological polar surface area (TPSA) is 64.3 Å². The number of nitrogens with zero attached hydrogens (tertiary/aromatic N) is 2. The predicted molar refractivity (Wildman–Crippen MR) is 32.8 cm³/mol. The Balaban J connectivity index is 2.27. The van der Waals surface area contributed by atoms with Crippen molar-refractivity contribution in [2.75, 3.05) is 19.7 Å². The van der Waals surface area contributed by atoms with Gasteiger partial charge in [-0.3, -0.25) is 4.79 Å². The Morgan fingerprint density at radius 3 is 2.80 bits per heavy atom. The van der Waals surface area contributed by atoms with Gasteiger partial charge in [-0.05, 0) is 0 Å². The van der Waals surface area contributed by atoms with Gasteiger partial charge in [0.2, 0.25) is 5.91 Å². The lowest BCUT2D eigenvalue weighted by molar-refractivity contribution is -0.139. The first-order chi connectivity index (χ1) is 4.77. The first-order valence-electron chi connectivity index (χ1n) is 3.06. The van der Waals surface area contributed by atoms with Gasteiger partial charge >= 0.3 is 0 Å². The Hall–Kier alpha value is -1.08. The van der Waals surface area contributed by atoms with Crippen molar-refractivity contribution in [2.24, 2.45) is 5.92 Å². The number of aliphatic hydroxyl groups excluding tert-OH is 1. The van der Waals surface area contributed by atoms with Crippen molar-refractivity contribution < 1.29 is 9.90 Å². The molecule has 1 amide bonds. The number of carbonyl (C=O) groups is 1. The van der Waals surface area contributed by atoms with E-state index in [4.69, 9.17) is 10.4 Å². The number of hydrogen-bond donors (Lipinski definition) is 1. The van der Waals surface area contributed by atoms with Gasteiger partial charge in [-0.1, -0.05) is 0 Å². The molecule has 0 aromatic rings. The molecule has 1 heterocycles. The fraction of sp³-hybridized carbons (Fsp3) is 0.667. The average molecular weight is 140 g/mol. The number of rotatable bonds is 1. The number of nitriles is 1. The van der Waals surface area contributed by atoms with E-state index in [0.29, 0.717) is 13.1 Å². The molecule has 0 radical (unpaired) electrons. The summed E-state index contributed by atoms with van der Waals surface area (Å²) in [4.78, 5) is 12.1. The van der Waals surface area contributed by atoms with Crippen LogP contribution >= 0.6 is 0 Å². The Morgan fingerprint density at radius 1 is 1.80 bits per heavy atom. The number of amides is 1. The molecule has 0 atom stereocenters. The second kappa shape index (κ2) is 2.67. The van der Waals surface area contributed by atoms with Crippen molar-refractivity contribution in [3.05, 3.63) is 0 Å². The summed E-state index contributed by atoms with van der Waals surface area (Å²) in [5.74, 6) is -0.304. The van der Waals surface area contributed by atoms with Crippen LogP contribution in [0.25, 0.3) is 0 Å². The maximum atomic E-state index is 10.6. The lowest BCUT2D eigenvalue weighted by Crippen LogP contribution is -2.50. The zero-order chi connectivity index (χ0) is 7.56. The van der Waals surface area contributed by atoms with Crippen LogP contribution in [0.5, 0.6) is 0 Å². The van der Waals surface area contributed by atoms with E-state index in [-0.39, 0.29) is 11.8 Å². The van der Waals surface area contributed by atoms with Crippen molar-refractivity contribution in [1.29, 1.82) is 5.26 Å². The van der Waals surface area contributed by atoms with Gasteiger partial charge in [-0.25, -0.2) is 0 Å². The van der Waals surface area contributed by atoms with E-state index in [2.05, 4.69) is 0 Å². The van der Waals surface area contributed by atoms with Gasteiger partial charge in [0.05, 0.1) is 12.0 Å². The quantitative estimate of drug-likeness (QED) is 0.506. The summed E-state index contributed by atoms with van der Waals surface area (Å²) in [5.41, 5.74) is 0. The highest BCUT2D eigenvalue weighted by Gasteiger charge is 2.29. The van der Waals surface area contributed by atoms with Crippen LogP contribution in [0.1, 0.15) is 0 Å². The summed E-state index contributed by atoms with van der Waals surface area (Å²) in [5, 5.41) is 16.7. The summed E-state index contributed by atoms with van der Waals surface area (Å²) in [6.07, 6.45) is 0. The predicted octanol–water partition coefficient (Wildman–Crippen LogP) is -1.04. The smallest absolute Gasteiger partial charge is 0.248 e. The van der Waals surface area contributed by atoms with Gasteiger partial charge in [-0.15, -0.1) is 0 Å². The molecule has 0 saturated carbocycles. The molecule has 4 heteroatoms. The average Bonchev–Trinajstić information content (AvgIpc) is 1.85. The van der Waals surface area contributed by atoms with Crippen LogP contribution in [-0.4, -0.2) is 35.6 Å². The van der Waals surface area contributed by atoms with Crippen molar-refractivity contribution in [3.63, 3.8) is 0 Å². The summed E-state index contributed by atoms with van der Waals surface area (Å²) in [6, 6.07) is 2.03. The molecule has 1 fully saturated rings. The molecular weight excluding hydrogens is 132 g/mol. The third kappa shape index (κ3) is 1.09. The molecule has 1 rings (SSSR count). The third-order valence-electron chi connectivity index (χ3n) is 1.55. The van der Waals surface area contributed by atoms with E-state index in [1.54, 1.807) is 0 Å². The Bertz CT molecular complexity index is 179. The van der Waals surface area contributed by atoms with Crippen LogP contribution in [0.4, 0.5) is 0 Å². The zero-order valence-corrected chi connectivity index (χ0v) is 5.45. The minimum absolute atomic E-state index is 0.0181. The van der Waals surface area contributed by atoms with E-state index >= 15 is 0 Å². The summed E-state index contributed by atoms with van der Waals surface area (Å²) >= 11 is 0. The summed E-state index contributed by atoms with van der Waals surface area (Å²) in [6.45, 7) is 0.518. The van der Waals surface area contributed by atoms with E-state index in [9.17, 15) is 4.79 Å². The van der Waals surface area contributed by atoms with Gasteiger partial charge in [0.1, 0.15) is 6.61 Å². The highest BCUT2D eigenvalue weighted by Crippen LogP contribution is 2.13. The fourth-order valence-corrected chi connectivity index (χ4v) is 0.864. The Labute approximate surface area is 58.7 Å². The van der Waals surface area contributed by atoms with Crippen LogP contribution in [0.3, 0.4) is 0 Å². The lowest BCUT2D eigenvalue weighted by atomic mass is 10.0. The highest BCUT2D eigenvalue weighted by atomic mass is 16.3. The molecule has 0 aromatic heterocycles. The Kier molecular flexibility index (Phi) is 1.88. The standard InChI is InChI=1S/C6H8N2O2/c7-1-5-2-8(3-5)6(10)4-9/h5,9H,2-4H2. The van der Waals surface area contributed by atoms with Crippen molar-refractivity contribution >= 4 is 5.91 Å². The minimum atomic E-state index is -0.446. The van der Waals surface area contributed by atoms with Crippen LogP contribution < -0.4 is 0 Å². The summed E-state index contributed by atoms with van der Waals surface area (Å²) in [7, 11) is 0. The van der Waals surface area contributed by atoms with Gasteiger partial charge in [-0.2, -0.15) is 5.26 Å². The molecule has 0 aromatic carbocycles. The largest absolute Gasteiger partial charge is 0.387 e. The van der Waals surface area contributed by atoms with Gasteiger partial charge < -0.3 is 10.0 Å². The minimum Gasteiger partial charge on any atom is -0.387 e. The van der Waals surface area contributed by atoms with Crippen molar-refractivity contribution in [3.8, 4) is 6.07 Å². The van der Waals surface area contributed by atoms with E-state index in [1.807, 2.05) is 6.07 Å². The zero-order valence-electron chi connectivity index (χ0n) is 5.45. The molecule has 0 bridgehead atoms. The van der Waals surface area contributed by atoms with E-state index in [0.717, 1.165) is 0 Å². The van der Waals surface area contributed by atoms with Crippen LogP contribution in [0, 0.1) is 17.2 Å². The van der Waals surface area contributed by atoms with E-state index < -0.39 is 6.61 Å². The first kappa shape index (κ1) is 7.03. The molecule has 1 aliphatic rings. The second-order valence-electron chi connectivity index (χ2n) is 2.28. The van der Waals surface area contributed by atoms with Crippen LogP contribution in [0.15, 0.2) is 0 Å². The van der Waals surface area contributed by atoms with Gasteiger partial charge in [0.15, 0.2) is 0 Å². The molecule has 4 nitrogen and oxygen atoms in total. The monoisotopic (exact) mass is 140 g/mol. The third-order valence-corrected chi connectivity index (χ3v) is 1.55. The number of aliphatic hydroxyl groups is 1. The molecule has 10 heavy (non-hydrogen) atoms. The molecular formula is C6H8N2O2. The van der Waals surface area contributed by atoms with Gasteiger partial charge in [0, 0.05) is 13.1 Å². The molecule has 54 valence electrons. The normalized spacial score (nSPS) is 17.8. The van der Waals surface area contributed by atoms with Gasteiger partial charge in [0.25, 0.3) is 0 Å². The SMILES string of the molecule is N#CC1CN(C(=O)CO)C1. The van der Waals surface area contributed by atoms with Crippen LogP contribution in [-0.2, 0) is 4.79 Å². The number of hydrogen-bond acceptors (Lipinski definition) is 3. The second-order valence-corrected chi connectivity index (χ2v) is 2.28. The molecule has 1 N–H and O–H groups in total. The number of likely N-dealkylation sites (tertiary alicyclic amines) is 1. The van der Waals surface area contributed by atoms with E-state index in [1.165, 1.54) is 4.90 Å². The molecule has 0 unspecified atom stereocenters. The maximum absolute atomic E-state index is 10.6. The molecule has 0 spiro atoms. The van der Waals surface area contributed by atoms with Crippen molar-refractivity contribution in [1.82, 2.24) is 4.90 Å².